The third-order valence-corrected chi connectivity index (χ3v) is 3.91. The van der Waals surface area contributed by atoms with Gasteiger partial charge < -0.3 is 10.6 Å². The Bertz CT molecular complexity index is 455. The van der Waals surface area contributed by atoms with Crippen LogP contribution in [0.15, 0.2) is 24.3 Å². The van der Waals surface area contributed by atoms with Gasteiger partial charge in [0.25, 0.3) is 0 Å². The molecule has 0 spiro atoms. The molecule has 19 heavy (non-hydrogen) atoms. The van der Waals surface area contributed by atoms with Gasteiger partial charge in [-0.15, -0.1) is 0 Å². The van der Waals surface area contributed by atoms with Crippen LogP contribution in [0, 0.1) is 0 Å². The number of benzene rings is 1. The zero-order valence-electron chi connectivity index (χ0n) is 11.5. The minimum absolute atomic E-state index is 0.0968. The summed E-state index contributed by atoms with van der Waals surface area (Å²) in [5, 5.41) is 7.10. The summed E-state index contributed by atoms with van der Waals surface area (Å²) in [6.07, 6.45) is 2.76. The van der Waals surface area contributed by atoms with Gasteiger partial charge in [-0.05, 0) is 57.4 Å². The third-order valence-electron chi connectivity index (χ3n) is 3.68. The molecule has 1 aliphatic heterocycles. The fourth-order valence-corrected chi connectivity index (χ4v) is 2.75. The van der Waals surface area contributed by atoms with Crippen LogP contribution in [0.2, 0.25) is 5.02 Å². The van der Waals surface area contributed by atoms with Crippen molar-refractivity contribution >= 4 is 17.5 Å². The van der Waals surface area contributed by atoms with Gasteiger partial charge >= 0.3 is 0 Å². The Labute approximate surface area is 119 Å². The Morgan fingerprint density at radius 3 is 3.00 bits per heavy atom. The molecule has 0 bridgehead atoms. The highest BCUT2D eigenvalue weighted by atomic mass is 35.5. The maximum absolute atomic E-state index is 12.2. The number of carbonyl (C=O) groups is 1. The van der Waals surface area contributed by atoms with Crippen LogP contribution < -0.4 is 10.6 Å². The fraction of sp³-hybridized carbons (Fsp3) is 0.533. The minimum Gasteiger partial charge on any atom is -0.352 e. The Balaban J connectivity index is 1.90. The quantitative estimate of drug-likeness (QED) is 0.890. The molecule has 2 unspecified atom stereocenters. The lowest BCUT2D eigenvalue weighted by Crippen LogP contribution is -2.53. The van der Waals surface area contributed by atoms with E-state index >= 15 is 0 Å². The van der Waals surface area contributed by atoms with Gasteiger partial charge in [0, 0.05) is 11.1 Å². The number of carbonyl (C=O) groups excluding carboxylic acids is 1. The molecule has 1 aliphatic rings. The molecule has 3 nitrogen and oxygen atoms in total. The first-order chi connectivity index (χ1) is 8.99. The maximum atomic E-state index is 12.2. The predicted octanol–water partition coefficient (Wildman–Crippen LogP) is 2.53. The first-order valence-electron chi connectivity index (χ1n) is 6.80. The van der Waals surface area contributed by atoms with Gasteiger partial charge in [0.15, 0.2) is 0 Å². The molecule has 1 heterocycles. The summed E-state index contributed by atoms with van der Waals surface area (Å²) >= 11 is 5.96. The Morgan fingerprint density at radius 1 is 1.58 bits per heavy atom. The topological polar surface area (TPSA) is 41.1 Å². The van der Waals surface area contributed by atoms with E-state index in [4.69, 9.17) is 11.6 Å². The zero-order valence-corrected chi connectivity index (χ0v) is 12.3. The number of hydrogen-bond acceptors (Lipinski definition) is 2. The smallest absolute Gasteiger partial charge is 0.240 e. The summed E-state index contributed by atoms with van der Waals surface area (Å²) in [7, 11) is 0. The molecular formula is C15H21ClN2O. The summed E-state index contributed by atoms with van der Waals surface area (Å²) in [5.74, 6) is 0.0968. The highest BCUT2D eigenvalue weighted by molar-refractivity contribution is 6.30. The third kappa shape index (κ3) is 3.71. The largest absolute Gasteiger partial charge is 0.352 e. The van der Waals surface area contributed by atoms with E-state index < -0.39 is 5.54 Å². The van der Waals surface area contributed by atoms with Crippen molar-refractivity contribution in [2.75, 3.05) is 6.54 Å². The van der Waals surface area contributed by atoms with Crippen molar-refractivity contribution in [2.24, 2.45) is 0 Å². The summed E-state index contributed by atoms with van der Waals surface area (Å²) < 4.78 is 0. The van der Waals surface area contributed by atoms with Gasteiger partial charge in [-0.1, -0.05) is 23.7 Å². The van der Waals surface area contributed by atoms with Crippen molar-refractivity contribution < 1.29 is 4.79 Å². The second-order valence-electron chi connectivity index (χ2n) is 5.57. The highest BCUT2D eigenvalue weighted by Gasteiger charge is 2.36. The van der Waals surface area contributed by atoms with Gasteiger partial charge in [-0.25, -0.2) is 0 Å². The first-order valence-corrected chi connectivity index (χ1v) is 7.18. The van der Waals surface area contributed by atoms with Crippen LogP contribution in [0.1, 0.15) is 32.3 Å². The monoisotopic (exact) mass is 280 g/mol. The van der Waals surface area contributed by atoms with Crippen molar-refractivity contribution in [2.45, 2.75) is 44.7 Å². The van der Waals surface area contributed by atoms with Gasteiger partial charge in [0.2, 0.25) is 5.91 Å². The molecule has 0 radical (unpaired) electrons. The molecule has 1 amide bonds. The van der Waals surface area contributed by atoms with Crippen molar-refractivity contribution in [3.05, 3.63) is 34.9 Å². The average Bonchev–Trinajstić information content (AvgIpc) is 2.77. The number of amides is 1. The Morgan fingerprint density at radius 2 is 2.37 bits per heavy atom. The second-order valence-corrected chi connectivity index (χ2v) is 6.01. The van der Waals surface area contributed by atoms with Gasteiger partial charge in [0.1, 0.15) is 0 Å². The Hall–Kier alpha value is -1.06. The van der Waals surface area contributed by atoms with Crippen molar-refractivity contribution in [3.63, 3.8) is 0 Å². The number of nitrogens with one attached hydrogen (secondary N) is 2. The molecule has 0 saturated carbocycles. The normalized spacial score (nSPS) is 24.2. The Kier molecular flexibility index (Phi) is 4.48. The second kappa shape index (κ2) is 5.93. The molecule has 1 saturated heterocycles. The lowest BCUT2D eigenvalue weighted by molar-refractivity contribution is -0.127. The molecule has 1 fully saturated rings. The number of hydrogen-bond donors (Lipinski definition) is 2. The van der Waals surface area contributed by atoms with E-state index in [9.17, 15) is 4.79 Å². The average molecular weight is 281 g/mol. The summed E-state index contributed by atoms with van der Waals surface area (Å²) in [5.41, 5.74) is 0.743. The summed E-state index contributed by atoms with van der Waals surface area (Å²) in [6, 6.07) is 7.87. The first kappa shape index (κ1) is 14.4. The summed E-state index contributed by atoms with van der Waals surface area (Å²) in [4.78, 5) is 12.2. The van der Waals surface area contributed by atoms with Crippen molar-refractivity contribution in [1.82, 2.24) is 10.6 Å². The van der Waals surface area contributed by atoms with Crippen LogP contribution in [0.25, 0.3) is 0 Å². The fourth-order valence-electron chi connectivity index (χ4n) is 2.54. The highest BCUT2D eigenvalue weighted by Crippen LogP contribution is 2.19. The molecule has 1 aromatic rings. The lowest BCUT2D eigenvalue weighted by atomic mass is 9.98. The van der Waals surface area contributed by atoms with E-state index in [1.54, 1.807) is 0 Å². The number of halogens is 1. The van der Waals surface area contributed by atoms with E-state index in [2.05, 4.69) is 10.6 Å². The van der Waals surface area contributed by atoms with Crippen LogP contribution in [-0.4, -0.2) is 24.0 Å². The predicted molar refractivity (Wildman–Crippen MR) is 78.4 cm³/mol. The molecule has 2 atom stereocenters. The molecule has 0 aliphatic carbocycles. The standard InChI is InChI=1S/C15H21ClN2O/c1-11(9-12-5-3-6-13(16)10-12)18-14(19)15(2)7-4-8-17-15/h3,5-6,10-11,17H,4,7-9H2,1-2H3,(H,18,19). The molecule has 104 valence electrons. The van der Waals surface area contributed by atoms with Crippen LogP contribution in [0.4, 0.5) is 0 Å². The van der Waals surface area contributed by atoms with E-state index in [1.807, 2.05) is 38.1 Å². The molecule has 1 aromatic carbocycles. The van der Waals surface area contributed by atoms with Gasteiger partial charge in [-0.2, -0.15) is 0 Å². The van der Waals surface area contributed by atoms with E-state index in [0.29, 0.717) is 0 Å². The van der Waals surface area contributed by atoms with E-state index in [1.165, 1.54) is 0 Å². The zero-order chi connectivity index (χ0) is 13.9. The lowest BCUT2D eigenvalue weighted by Gasteiger charge is -2.25. The van der Waals surface area contributed by atoms with Gasteiger partial charge in [0.05, 0.1) is 5.54 Å². The number of rotatable bonds is 4. The van der Waals surface area contributed by atoms with Crippen molar-refractivity contribution in [3.8, 4) is 0 Å². The van der Waals surface area contributed by atoms with Crippen LogP contribution >= 0.6 is 11.6 Å². The van der Waals surface area contributed by atoms with Crippen LogP contribution in [-0.2, 0) is 11.2 Å². The van der Waals surface area contributed by atoms with E-state index in [0.717, 1.165) is 36.4 Å². The van der Waals surface area contributed by atoms with Crippen LogP contribution in [0.3, 0.4) is 0 Å². The van der Waals surface area contributed by atoms with Crippen LogP contribution in [0.5, 0.6) is 0 Å². The summed E-state index contributed by atoms with van der Waals surface area (Å²) in [6.45, 7) is 4.92. The van der Waals surface area contributed by atoms with E-state index in [-0.39, 0.29) is 11.9 Å². The molecule has 2 N–H and O–H groups in total. The van der Waals surface area contributed by atoms with Crippen molar-refractivity contribution in [1.29, 1.82) is 0 Å². The maximum Gasteiger partial charge on any atom is 0.240 e. The molecule has 2 rings (SSSR count). The molecular weight excluding hydrogens is 260 g/mol. The molecule has 4 heteroatoms. The SMILES string of the molecule is CC(Cc1cccc(Cl)c1)NC(=O)C1(C)CCCN1. The van der Waals surface area contributed by atoms with Gasteiger partial charge in [-0.3, -0.25) is 4.79 Å². The molecule has 0 aromatic heterocycles. The minimum atomic E-state index is -0.400.